The molecule has 1 amide bonds. The second kappa shape index (κ2) is 8.10. The van der Waals surface area contributed by atoms with Gasteiger partial charge >= 0.3 is 5.97 Å². The lowest BCUT2D eigenvalue weighted by molar-refractivity contribution is -0.143. The van der Waals surface area contributed by atoms with Crippen molar-refractivity contribution in [2.75, 3.05) is 6.61 Å². The third kappa shape index (κ3) is 4.08. The van der Waals surface area contributed by atoms with Crippen LogP contribution < -0.4 is 4.80 Å². The number of benzene rings is 2. The SMILES string of the molecule is CCOC(=O)Cn1c(=NC(=O)Cc2ccccc2)sc2cccc(C)c21. The van der Waals surface area contributed by atoms with E-state index in [4.69, 9.17) is 4.74 Å². The molecule has 0 atom stereocenters. The molecule has 1 aromatic heterocycles. The summed E-state index contributed by atoms with van der Waals surface area (Å²) in [5.41, 5.74) is 2.85. The maximum atomic E-state index is 12.4. The van der Waals surface area contributed by atoms with Gasteiger partial charge in [0.15, 0.2) is 4.80 Å². The van der Waals surface area contributed by atoms with Gasteiger partial charge in [-0.1, -0.05) is 53.8 Å². The predicted molar refractivity (Wildman–Crippen MR) is 102 cm³/mol. The van der Waals surface area contributed by atoms with E-state index in [1.165, 1.54) is 11.3 Å². The van der Waals surface area contributed by atoms with E-state index in [-0.39, 0.29) is 24.8 Å². The van der Waals surface area contributed by atoms with Gasteiger partial charge in [-0.15, -0.1) is 0 Å². The molecule has 1 heterocycles. The molecule has 5 nitrogen and oxygen atoms in total. The predicted octanol–water partition coefficient (Wildman–Crippen LogP) is 3.24. The van der Waals surface area contributed by atoms with E-state index in [9.17, 15) is 9.59 Å². The molecule has 0 aliphatic heterocycles. The Kier molecular flexibility index (Phi) is 5.63. The number of aromatic nitrogens is 1. The van der Waals surface area contributed by atoms with E-state index < -0.39 is 0 Å². The molecule has 3 aromatic rings. The third-order valence-electron chi connectivity index (χ3n) is 3.91. The second-order valence-electron chi connectivity index (χ2n) is 5.87. The Balaban J connectivity index is 2.02. The summed E-state index contributed by atoms with van der Waals surface area (Å²) in [7, 11) is 0. The first kappa shape index (κ1) is 18.1. The van der Waals surface area contributed by atoms with E-state index in [2.05, 4.69) is 4.99 Å². The zero-order valence-corrected chi connectivity index (χ0v) is 15.6. The Morgan fingerprint density at radius 3 is 2.62 bits per heavy atom. The number of fused-ring (bicyclic) bond motifs is 1. The molecule has 0 saturated heterocycles. The van der Waals surface area contributed by atoms with Crippen molar-refractivity contribution in [2.24, 2.45) is 4.99 Å². The fourth-order valence-electron chi connectivity index (χ4n) is 2.79. The summed E-state index contributed by atoms with van der Waals surface area (Å²) >= 11 is 1.40. The number of hydrogen-bond acceptors (Lipinski definition) is 4. The number of rotatable bonds is 5. The number of aryl methyl sites for hydroxylation is 1. The van der Waals surface area contributed by atoms with Crippen molar-refractivity contribution in [3.8, 4) is 0 Å². The summed E-state index contributed by atoms with van der Waals surface area (Å²) < 4.78 is 7.84. The average molecular weight is 368 g/mol. The van der Waals surface area contributed by atoms with Crippen molar-refractivity contribution >= 4 is 33.4 Å². The maximum absolute atomic E-state index is 12.4. The van der Waals surface area contributed by atoms with E-state index in [1.54, 1.807) is 11.5 Å². The van der Waals surface area contributed by atoms with Gasteiger partial charge in [-0.2, -0.15) is 4.99 Å². The van der Waals surface area contributed by atoms with Crippen molar-refractivity contribution in [2.45, 2.75) is 26.8 Å². The monoisotopic (exact) mass is 368 g/mol. The molecule has 0 bridgehead atoms. The van der Waals surface area contributed by atoms with Gasteiger partial charge in [0.1, 0.15) is 6.54 Å². The number of thiazole rings is 1. The number of amides is 1. The lowest BCUT2D eigenvalue weighted by atomic mass is 10.1. The van der Waals surface area contributed by atoms with Gasteiger partial charge in [0.05, 0.1) is 23.2 Å². The van der Waals surface area contributed by atoms with Crippen LogP contribution in [0.2, 0.25) is 0 Å². The van der Waals surface area contributed by atoms with Crippen LogP contribution in [0.4, 0.5) is 0 Å². The van der Waals surface area contributed by atoms with Gasteiger partial charge in [0.25, 0.3) is 5.91 Å². The Morgan fingerprint density at radius 2 is 1.88 bits per heavy atom. The summed E-state index contributed by atoms with van der Waals surface area (Å²) in [4.78, 5) is 29.2. The average Bonchev–Trinajstić information content (AvgIpc) is 2.94. The summed E-state index contributed by atoms with van der Waals surface area (Å²) in [6, 6.07) is 15.4. The molecule has 0 radical (unpaired) electrons. The molecular weight excluding hydrogens is 348 g/mol. The fraction of sp³-hybridized carbons (Fsp3) is 0.250. The smallest absolute Gasteiger partial charge is 0.326 e. The Bertz CT molecular complexity index is 1000. The highest BCUT2D eigenvalue weighted by Gasteiger charge is 2.13. The van der Waals surface area contributed by atoms with Crippen molar-refractivity contribution < 1.29 is 14.3 Å². The van der Waals surface area contributed by atoms with Gasteiger partial charge in [0, 0.05) is 0 Å². The van der Waals surface area contributed by atoms with Gasteiger partial charge in [0.2, 0.25) is 0 Å². The van der Waals surface area contributed by atoms with Crippen LogP contribution in [0.5, 0.6) is 0 Å². The van der Waals surface area contributed by atoms with Crippen LogP contribution in [-0.2, 0) is 27.3 Å². The second-order valence-corrected chi connectivity index (χ2v) is 6.87. The van der Waals surface area contributed by atoms with Crippen molar-refractivity contribution in [3.05, 3.63) is 64.5 Å². The Hall–Kier alpha value is -2.73. The van der Waals surface area contributed by atoms with E-state index in [0.29, 0.717) is 11.4 Å². The van der Waals surface area contributed by atoms with Gasteiger partial charge < -0.3 is 9.30 Å². The van der Waals surface area contributed by atoms with Gasteiger partial charge in [-0.05, 0) is 31.0 Å². The standard InChI is InChI=1S/C20H20N2O3S/c1-3-25-18(24)13-22-19-14(2)8-7-11-16(19)26-20(22)21-17(23)12-15-9-5-4-6-10-15/h4-11H,3,12-13H2,1-2H3. The molecule has 0 N–H and O–H groups in total. The largest absolute Gasteiger partial charge is 0.465 e. The minimum atomic E-state index is -0.340. The molecule has 6 heteroatoms. The summed E-state index contributed by atoms with van der Waals surface area (Å²) in [5, 5.41) is 0. The third-order valence-corrected chi connectivity index (χ3v) is 4.96. The fourth-order valence-corrected chi connectivity index (χ4v) is 3.92. The number of para-hydroxylation sites is 1. The number of ether oxygens (including phenoxy) is 1. The number of carbonyl (C=O) groups excluding carboxylic acids is 2. The first-order valence-corrected chi connectivity index (χ1v) is 9.26. The zero-order valence-electron chi connectivity index (χ0n) is 14.8. The van der Waals surface area contributed by atoms with E-state index >= 15 is 0 Å². The molecule has 3 rings (SSSR count). The topological polar surface area (TPSA) is 60.7 Å². The van der Waals surface area contributed by atoms with Crippen LogP contribution in [0, 0.1) is 6.92 Å². The number of esters is 1. The lowest BCUT2D eigenvalue weighted by Gasteiger charge is -2.06. The molecule has 0 fully saturated rings. The van der Waals surface area contributed by atoms with Crippen LogP contribution in [0.3, 0.4) is 0 Å². The van der Waals surface area contributed by atoms with Crippen LogP contribution in [0.25, 0.3) is 10.2 Å². The summed E-state index contributed by atoms with van der Waals surface area (Å²) in [6.45, 7) is 4.11. The summed E-state index contributed by atoms with van der Waals surface area (Å²) in [5.74, 6) is -0.578. The molecule has 26 heavy (non-hydrogen) atoms. The van der Waals surface area contributed by atoms with Crippen LogP contribution in [-0.4, -0.2) is 23.1 Å². The van der Waals surface area contributed by atoms with Gasteiger partial charge in [-0.25, -0.2) is 0 Å². The molecule has 0 aliphatic rings. The first-order valence-electron chi connectivity index (χ1n) is 8.44. The van der Waals surface area contributed by atoms with Crippen molar-refractivity contribution in [1.82, 2.24) is 4.57 Å². The van der Waals surface area contributed by atoms with E-state index in [1.807, 2.05) is 55.5 Å². The molecular formula is C20H20N2O3S. The molecule has 2 aromatic carbocycles. The number of hydrogen-bond donors (Lipinski definition) is 0. The highest BCUT2D eigenvalue weighted by molar-refractivity contribution is 7.16. The molecule has 0 spiro atoms. The molecule has 0 aliphatic carbocycles. The van der Waals surface area contributed by atoms with Crippen molar-refractivity contribution in [1.29, 1.82) is 0 Å². The lowest BCUT2D eigenvalue weighted by Crippen LogP contribution is -2.23. The van der Waals surface area contributed by atoms with Gasteiger partial charge in [-0.3, -0.25) is 9.59 Å². The van der Waals surface area contributed by atoms with Crippen LogP contribution in [0.1, 0.15) is 18.1 Å². The zero-order chi connectivity index (χ0) is 18.5. The highest BCUT2D eigenvalue weighted by Crippen LogP contribution is 2.21. The minimum absolute atomic E-state index is 0.0378. The summed E-state index contributed by atoms with van der Waals surface area (Å²) in [6.07, 6.45) is 0.230. The van der Waals surface area contributed by atoms with Crippen molar-refractivity contribution in [3.63, 3.8) is 0 Å². The number of nitrogens with zero attached hydrogens (tertiary/aromatic N) is 2. The Labute approximate surface area is 155 Å². The van der Waals surface area contributed by atoms with Crippen LogP contribution >= 0.6 is 11.3 Å². The molecule has 0 unspecified atom stereocenters. The normalized spacial score (nSPS) is 11.7. The van der Waals surface area contributed by atoms with Crippen LogP contribution in [0.15, 0.2) is 53.5 Å². The Morgan fingerprint density at radius 1 is 1.12 bits per heavy atom. The van der Waals surface area contributed by atoms with E-state index in [0.717, 1.165) is 21.3 Å². The molecule has 134 valence electrons. The number of carbonyl (C=O) groups is 2. The maximum Gasteiger partial charge on any atom is 0.326 e. The minimum Gasteiger partial charge on any atom is -0.465 e. The first-order chi connectivity index (χ1) is 12.6. The quantitative estimate of drug-likeness (QED) is 0.650. The molecule has 0 saturated carbocycles. The highest BCUT2D eigenvalue weighted by atomic mass is 32.1.